The van der Waals surface area contributed by atoms with E-state index in [1.807, 2.05) is 66.7 Å². The summed E-state index contributed by atoms with van der Waals surface area (Å²) in [6.45, 7) is 0. The number of rotatable bonds is 5. The molecule has 7 aromatic carbocycles. The largest absolute Gasteiger partial charge is 0.436 e. The second-order valence-electron chi connectivity index (χ2n) is 11.3. The van der Waals surface area contributed by atoms with E-state index in [4.69, 9.17) is 13.8 Å². The van der Waals surface area contributed by atoms with E-state index >= 15 is 0 Å². The number of hydrogen-bond acceptors (Lipinski definition) is 5. The van der Waals surface area contributed by atoms with Crippen LogP contribution in [0.1, 0.15) is 0 Å². The van der Waals surface area contributed by atoms with Crippen LogP contribution in [0.5, 0.6) is 0 Å². The first kappa shape index (κ1) is 26.1. The zero-order valence-electron chi connectivity index (χ0n) is 24.6. The van der Waals surface area contributed by atoms with Gasteiger partial charge in [-0.15, -0.1) is 10.2 Å². The lowest BCUT2D eigenvalue weighted by Crippen LogP contribution is -1.89. The third kappa shape index (κ3) is 4.54. The zero-order valence-corrected chi connectivity index (χ0v) is 24.6. The normalized spacial score (nSPS) is 11.5. The number of oxazole rings is 1. The summed E-state index contributed by atoms with van der Waals surface area (Å²) >= 11 is 0. The van der Waals surface area contributed by atoms with E-state index in [9.17, 15) is 0 Å². The van der Waals surface area contributed by atoms with E-state index < -0.39 is 0 Å². The van der Waals surface area contributed by atoms with Gasteiger partial charge in [0.1, 0.15) is 5.52 Å². The Morgan fingerprint density at radius 2 is 0.935 bits per heavy atom. The standard InChI is InChI=1S/C41H25N3O2/c1-2-10-27(11-3-1)40-43-44-41(46-40)28-20-18-26(19-21-28)31-23-32(25-33(24-31)39-42-36-16-8-9-17-37(36)45-39)38-34-14-6-4-12-29(34)22-30-13-5-7-15-35(30)38/h1-25H. The molecule has 0 saturated heterocycles. The van der Waals surface area contributed by atoms with Crippen molar-refractivity contribution in [1.29, 1.82) is 0 Å². The van der Waals surface area contributed by atoms with Crippen LogP contribution in [0.3, 0.4) is 0 Å². The maximum atomic E-state index is 6.29. The number of hydrogen-bond donors (Lipinski definition) is 0. The molecule has 0 atom stereocenters. The lowest BCUT2D eigenvalue weighted by Gasteiger charge is -2.15. The fourth-order valence-corrected chi connectivity index (χ4v) is 6.22. The van der Waals surface area contributed by atoms with Crippen molar-refractivity contribution < 1.29 is 8.83 Å². The van der Waals surface area contributed by atoms with Crippen LogP contribution in [0.2, 0.25) is 0 Å². The maximum Gasteiger partial charge on any atom is 0.248 e. The van der Waals surface area contributed by atoms with Crippen LogP contribution in [0.15, 0.2) is 160 Å². The van der Waals surface area contributed by atoms with Crippen molar-refractivity contribution >= 4 is 32.6 Å². The fraction of sp³-hybridized carbons (Fsp3) is 0. The highest BCUT2D eigenvalue weighted by molar-refractivity contribution is 6.13. The SMILES string of the molecule is c1ccc(-c2nnc(-c3ccc(-c4cc(-c5nc6ccccc6o5)cc(-c5c6ccccc6cc6ccccc56)c4)cc3)o2)cc1. The predicted molar refractivity (Wildman–Crippen MR) is 184 cm³/mol. The molecule has 5 nitrogen and oxygen atoms in total. The van der Waals surface area contributed by atoms with Gasteiger partial charge in [0, 0.05) is 16.7 Å². The van der Waals surface area contributed by atoms with Gasteiger partial charge in [0.15, 0.2) is 5.58 Å². The van der Waals surface area contributed by atoms with Gasteiger partial charge in [-0.3, -0.25) is 0 Å². The number of benzene rings is 7. The van der Waals surface area contributed by atoms with Crippen molar-refractivity contribution in [3.05, 3.63) is 152 Å². The molecular weight excluding hydrogens is 566 g/mol. The highest BCUT2D eigenvalue weighted by Gasteiger charge is 2.17. The molecule has 9 aromatic rings. The molecule has 0 spiro atoms. The second-order valence-corrected chi connectivity index (χ2v) is 11.3. The molecule has 0 aliphatic rings. The first-order valence-corrected chi connectivity index (χ1v) is 15.2. The molecule has 2 heterocycles. The smallest absolute Gasteiger partial charge is 0.248 e. The van der Waals surface area contributed by atoms with E-state index in [2.05, 4.69) is 95.1 Å². The summed E-state index contributed by atoms with van der Waals surface area (Å²) < 4.78 is 12.3. The zero-order chi connectivity index (χ0) is 30.5. The highest BCUT2D eigenvalue weighted by atomic mass is 16.4. The van der Waals surface area contributed by atoms with E-state index in [-0.39, 0.29) is 0 Å². The van der Waals surface area contributed by atoms with Gasteiger partial charge in [-0.2, -0.15) is 0 Å². The van der Waals surface area contributed by atoms with E-state index in [0.717, 1.165) is 44.5 Å². The Labute approximate surface area is 264 Å². The topological polar surface area (TPSA) is 65.0 Å². The van der Waals surface area contributed by atoms with Crippen molar-refractivity contribution in [2.75, 3.05) is 0 Å². The van der Waals surface area contributed by atoms with Crippen molar-refractivity contribution in [3.8, 4) is 56.6 Å². The first-order valence-electron chi connectivity index (χ1n) is 15.2. The molecule has 9 rings (SSSR count). The Kier molecular flexibility index (Phi) is 6.06. The Bertz CT molecular complexity index is 2440. The van der Waals surface area contributed by atoms with Crippen LogP contribution in [0.4, 0.5) is 0 Å². The second kappa shape index (κ2) is 10.7. The van der Waals surface area contributed by atoms with Gasteiger partial charge in [-0.25, -0.2) is 4.98 Å². The third-order valence-electron chi connectivity index (χ3n) is 8.44. The lowest BCUT2D eigenvalue weighted by atomic mass is 9.89. The van der Waals surface area contributed by atoms with E-state index in [1.165, 1.54) is 27.1 Å². The molecule has 0 aliphatic heterocycles. The molecule has 0 fully saturated rings. The van der Waals surface area contributed by atoms with Gasteiger partial charge in [-0.05, 0) is 104 Å². The molecule has 2 aromatic heterocycles. The Balaban J connectivity index is 1.21. The molecule has 0 N–H and O–H groups in total. The highest BCUT2D eigenvalue weighted by Crippen LogP contribution is 2.40. The molecule has 0 amide bonds. The van der Waals surface area contributed by atoms with Gasteiger partial charge in [0.05, 0.1) is 0 Å². The lowest BCUT2D eigenvalue weighted by molar-refractivity contribution is 0.584. The summed E-state index contributed by atoms with van der Waals surface area (Å²) in [5.74, 6) is 1.57. The Hall–Kier alpha value is -6.33. The van der Waals surface area contributed by atoms with Crippen LogP contribution >= 0.6 is 0 Å². The van der Waals surface area contributed by atoms with Crippen LogP contribution in [-0.2, 0) is 0 Å². The van der Waals surface area contributed by atoms with Crippen molar-refractivity contribution in [1.82, 2.24) is 15.2 Å². The molecular formula is C41H25N3O2. The molecule has 0 aliphatic carbocycles. The maximum absolute atomic E-state index is 6.29. The summed E-state index contributed by atoms with van der Waals surface area (Å²) in [5.41, 5.74) is 8.63. The van der Waals surface area contributed by atoms with Crippen molar-refractivity contribution in [3.63, 3.8) is 0 Å². The quantitative estimate of drug-likeness (QED) is 0.186. The average Bonchev–Trinajstić information content (AvgIpc) is 3.79. The first-order chi connectivity index (χ1) is 22.8. The van der Waals surface area contributed by atoms with E-state index in [1.54, 1.807) is 0 Å². The predicted octanol–water partition coefficient (Wildman–Crippen LogP) is 10.9. The summed E-state index contributed by atoms with van der Waals surface area (Å²) in [5, 5.41) is 13.4. The Morgan fingerprint density at radius 3 is 1.65 bits per heavy atom. The molecule has 46 heavy (non-hydrogen) atoms. The third-order valence-corrected chi connectivity index (χ3v) is 8.44. The summed E-state index contributed by atoms with van der Waals surface area (Å²) in [7, 11) is 0. The molecule has 0 bridgehead atoms. The molecule has 0 saturated carbocycles. The van der Waals surface area contributed by atoms with E-state index in [0.29, 0.717) is 17.7 Å². The number of nitrogens with zero attached hydrogens (tertiary/aromatic N) is 3. The number of para-hydroxylation sites is 2. The monoisotopic (exact) mass is 591 g/mol. The van der Waals surface area contributed by atoms with Crippen molar-refractivity contribution in [2.24, 2.45) is 0 Å². The Morgan fingerprint density at radius 1 is 0.370 bits per heavy atom. The molecule has 0 radical (unpaired) electrons. The van der Waals surface area contributed by atoms with Crippen LogP contribution < -0.4 is 0 Å². The number of aromatic nitrogens is 3. The van der Waals surface area contributed by atoms with Gasteiger partial charge in [0.25, 0.3) is 0 Å². The summed E-state index contributed by atoms with van der Waals surface area (Å²) in [4.78, 5) is 4.86. The van der Waals surface area contributed by atoms with Crippen LogP contribution in [0, 0.1) is 0 Å². The van der Waals surface area contributed by atoms with Crippen LogP contribution in [0.25, 0.3) is 89.3 Å². The van der Waals surface area contributed by atoms with Crippen LogP contribution in [-0.4, -0.2) is 15.2 Å². The number of fused-ring (bicyclic) bond motifs is 3. The van der Waals surface area contributed by atoms with Gasteiger partial charge >= 0.3 is 0 Å². The fourth-order valence-electron chi connectivity index (χ4n) is 6.22. The average molecular weight is 592 g/mol. The minimum atomic E-state index is 0.480. The minimum absolute atomic E-state index is 0.480. The van der Waals surface area contributed by atoms with Gasteiger partial charge < -0.3 is 8.83 Å². The molecule has 0 unspecified atom stereocenters. The molecule has 216 valence electrons. The molecule has 5 heteroatoms. The van der Waals surface area contributed by atoms with Gasteiger partial charge in [-0.1, -0.05) is 91.0 Å². The summed E-state index contributed by atoms with van der Waals surface area (Å²) in [6, 6.07) is 51.9. The summed E-state index contributed by atoms with van der Waals surface area (Å²) in [6.07, 6.45) is 0. The van der Waals surface area contributed by atoms with Crippen molar-refractivity contribution in [2.45, 2.75) is 0 Å². The minimum Gasteiger partial charge on any atom is -0.436 e. The van der Waals surface area contributed by atoms with Gasteiger partial charge in [0.2, 0.25) is 17.7 Å².